The predicted molar refractivity (Wildman–Crippen MR) is 108 cm³/mol. The summed E-state index contributed by atoms with van der Waals surface area (Å²) in [5.74, 6) is -1.08. The van der Waals surface area contributed by atoms with Crippen molar-refractivity contribution in [2.75, 3.05) is 24.7 Å². The van der Waals surface area contributed by atoms with E-state index in [0.29, 0.717) is 20.2 Å². The maximum absolute atomic E-state index is 12.1. The number of nitrogens with two attached hydrogens (primary N) is 2. The van der Waals surface area contributed by atoms with Crippen LogP contribution in [0.2, 0.25) is 10.0 Å². The average Bonchev–Trinajstić information content (AvgIpc) is 3.12. The van der Waals surface area contributed by atoms with Gasteiger partial charge in [-0.15, -0.1) is 22.7 Å². The number of rotatable bonds is 4. The minimum atomic E-state index is -0.540. The van der Waals surface area contributed by atoms with Gasteiger partial charge in [-0.1, -0.05) is 23.2 Å². The van der Waals surface area contributed by atoms with Crippen molar-refractivity contribution in [1.82, 2.24) is 0 Å². The van der Waals surface area contributed by atoms with Crippen molar-refractivity contribution in [3.05, 3.63) is 19.8 Å². The van der Waals surface area contributed by atoms with Gasteiger partial charge in [-0.25, -0.2) is 9.59 Å². The molecule has 0 radical (unpaired) electrons. The Morgan fingerprint density at radius 1 is 0.846 bits per heavy atom. The Bertz CT molecular complexity index is 974. The van der Waals surface area contributed by atoms with Gasteiger partial charge in [0.15, 0.2) is 0 Å². The monoisotopic (exact) mass is 432 g/mol. The molecule has 0 fully saturated rings. The molecule has 1 aromatic carbocycles. The van der Waals surface area contributed by atoms with E-state index in [0.717, 1.165) is 22.7 Å². The van der Waals surface area contributed by atoms with Gasteiger partial charge in [0.1, 0.15) is 9.75 Å². The van der Waals surface area contributed by atoms with E-state index in [1.807, 2.05) is 0 Å². The summed E-state index contributed by atoms with van der Waals surface area (Å²) >= 11 is 15.2. The van der Waals surface area contributed by atoms with Gasteiger partial charge in [0.05, 0.1) is 44.0 Å². The summed E-state index contributed by atoms with van der Waals surface area (Å²) in [6.45, 7) is 3.85. The number of benzene rings is 1. The van der Waals surface area contributed by atoms with Gasteiger partial charge in [0.2, 0.25) is 0 Å². The number of ether oxygens (including phenoxy) is 2. The highest BCUT2D eigenvalue weighted by Crippen LogP contribution is 2.51. The summed E-state index contributed by atoms with van der Waals surface area (Å²) in [5, 5.41) is 1.48. The molecule has 3 aromatic rings. The van der Waals surface area contributed by atoms with Crippen molar-refractivity contribution in [2.45, 2.75) is 13.8 Å². The Morgan fingerprint density at radius 3 is 1.50 bits per heavy atom. The van der Waals surface area contributed by atoms with Gasteiger partial charge in [0, 0.05) is 10.8 Å². The molecule has 3 rings (SSSR count). The average molecular weight is 433 g/mol. The van der Waals surface area contributed by atoms with Gasteiger partial charge in [-0.3, -0.25) is 0 Å². The maximum atomic E-state index is 12.1. The van der Waals surface area contributed by atoms with Crippen LogP contribution >= 0.6 is 45.9 Å². The number of hydrogen-bond acceptors (Lipinski definition) is 8. The summed E-state index contributed by atoms with van der Waals surface area (Å²) in [7, 11) is 0. The molecule has 0 atom stereocenters. The highest BCUT2D eigenvalue weighted by molar-refractivity contribution is 7.24. The van der Waals surface area contributed by atoms with Gasteiger partial charge in [-0.05, 0) is 13.8 Å². The minimum Gasteiger partial charge on any atom is -0.462 e. The highest BCUT2D eigenvalue weighted by Gasteiger charge is 2.28. The van der Waals surface area contributed by atoms with E-state index in [-0.39, 0.29) is 44.4 Å². The molecule has 0 aliphatic rings. The van der Waals surface area contributed by atoms with Crippen molar-refractivity contribution < 1.29 is 19.1 Å². The molecule has 4 N–H and O–H groups in total. The molecule has 0 spiro atoms. The van der Waals surface area contributed by atoms with Gasteiger partial charge < -0.3 is 20.9 Å². The van der Waals surface area contributed by atoms with Crippen LogP contribution in [-0.4, -0.2) is 25.2 Å². The van der Waals surface area contributed by atoms with E-state index in [1.54, 1.807) is 13.8 Å². The normalized spacial score (nSPS) is 11.2. The van der Waals surface area contributed by atoms with Gasteiger partial charge in [-0.2, -0.15) is 0 Å². The second-order valence-corrected chi connectivity index (χ2v) is 7.96. The molecule has 2 aromatic heterocycles. The fourth-order valence-electron chi connectivity index (χ4n) is 2.56. The Labute approximate surface area is 166 Å². The maximum Gasteiger partial charge on any atom is 0.350 e. The first-order valence-electron chi connectivity index (χ1n) is 7.58. The first kappa shape index (κ1) is 19.0. The van der Waals surface area contributed by atoms with Crippen LogP contribution in [0.3, 0.4) is 0 Å². The second kappa shape index (κ2) is 7.11. The largest absolute Gasteiger partial charge is 0.462 e. The zero-order chi connectivity index (χ0) is 19.2. The SMILES string of the molecule is CCOC(=O)c1sc2c(Cl)c3c(N)c(C(=O)OCC)sc3c(Cl)c2c1N. The fourth-order valence-corrected chi connectivity index (χ4v) is 5.61. The summed E-state index contributed by atoms with van der Waals surface area (Å²) in [5.41, 5.74) is 12.7. The molecule has 26 heavy (non-hydrogen) atoms. The zero-order valence-electron chi connectivity index (χ0n) is 13.8. The lowest BCUT2D eigenvalue weighted by Gasteiger charge is -2.03. The third-order valence-electron chi connectivity index (χ3n) is 3.65. The Morgan fingerprint density at radius 2 is 1.19 bits per heavy atom. The number of esters is 2. The predicted octanol–water partition coefficient (Wildman–Crippen LogP) is 4.94. The number of halogens is 2. The Kier molecular flexibility index (Phi) is 5.21. The van der Waals surface area contributed by atoms with Crippen LogP contribution in [0.25, 0.3) is 20.2 Å². The summed E-state index contributed by atoms with van der Waals surface area (Å²) in [4.78, 5) is 24.7. The summed E-state index contributed by atoms with van der Waals surface area (Å²) in [6, 6.07) is 0. The van der Waals surface area contributed by atoms with Crippen LogP contribution in [0.15, 0.2) is 0 Å². The molecule has 0 amide bonds. The molecule has 0 saturated heterocycles. The lowest BCUT2D eigenvalue weighted by Crippen LogP contribution is -2.04. The molecule has 0 aliphatic heterocycles. The quantitative estimate of drug-likeness (QED) is 0.565. The lowest BCUT2D eigenvalue weighted by atomic mass is 10.1. The fraction of sp³-hybridized carbons (Fsp3) is 0.250. The molecule has 6 nitrogen and oxygen atoms in total. The van der Waals surface area contributed by atoms with E-state index in [9.17, 15) is 9.59 Å². The van der Waals surface area contributed by atoms with E-state index in [4.69, 9.17) is 44.1 Å². The van der Waals surface area contributed by atoms with Crippen molar-refractivity contribution in [2.24, 2.45) is 0 Å². The number of carbonyl (C=O) groups excluding carboxylic acids is 2. The molecular weight excluding hydrogens is 419 g/mol. The second-order valence-electron chi connectivity index (χ2n) is 5.17. The van der Waals surface area contributed by atoms with Crippen molar-refractivity contribution in [3.8, 4) is 0 Å². The summed E-state index contributed by atoms with van der Waals surface area (Å²) < 4.78 is 11.1. The van der Waals surface area contributed by atoms with Crippen LogP contribution in [0.4, 0.5) is 11.4 Å². The number of fused-ring (bicyclic) bond motifs is 2. The number of nitrogen functional groups attached to an aromatic ring is 2. The van der Waals surface area contributed by atoms with Crippen LogP contribution in [0.5, 0.6) is 0 Å². The number of hydrogen-bond donors (Lipinski definition) is 2. The minimum absolute atomic E-state index is 0.196. The van der Waals surface area contributed by atoms with Crippen LogP contribution in [0.1, 0.15) is 33.2 Å². The van der Waals surface area contributed by atoms with Crippen LogP contribution in [0, 0.1) is 0 Å². The van der Waals surface area contributed by atoms with E-state index >= 15 is 0 Å². The first-order chi connectivity index (χ1) is 12.3. The Hall–Kier alpha value is -1.74. The molecule has 10 heteroatoms. The number of thiophene rings is 2. The highest BCUT2D eigenvalue weighted by atomic mass is 35.5. The van der Waals surface area contributed by atoms with Crippen molar-refractivity contribution >= 4 is 89.4 Å². The topological polar surface area (TPSA) is 105 Å². The molecule has 138 valence electrons. The molecule has 0 saturated carbocycles. The lowest BCUT2D eigenvalue weighted by molar-refractivity contribution is 0.0523. The third-order valence-corrected chi connectivity index (χ3v) is 7.04. The smallest absolute Gasteiger partial charge is 0.350 e. The van der Waals surface area contributed by atoms with Gasteiger partial charge in [0.25, 0.3) is 0 Å². The molecular formula is C16H14Cl2N2O4S2. The Balaban J connectivity index is 2.34. The number of anilines is 2. The first-order valence-corrected chi connectivity index (χ1v) is 9.97. The zero-order valence-corrected chi connectivity index (χ0v) is 16.9. The van der Waals surface area contributed by atoms with E-state index in [2.05, 4.69) is 0 Å². The van der Waals surface area contributed by atoms with Crippen molar-refractivity contribution in [1.29, 1.82) is 0 Å². The van der Waals surface area contributed by atoms with Gasteiger partial charge >= 0.3 is 11.9 Å². The standard InChI is InChI=1S/C16H14Cl2N2O4S2/c1-3-23-15(21)13-9(19)5-7(17)12-6(8(18)11(5)25-13)10(20)14(26-12)16(22)24-4-2/h3-4,19-20H2,1-2H3. The van der Waals surface area contributed by atoms with Crippen LogP contribution < -0.4 is 11.5 Å². The van der Waals surface area contributed by atoms with Crippen molar-refractivity contribution in [3.63, 3.8) is 0 Å². The molecule has 0 aliphatic carbocycles. The molecule has 2 heterocycles. The van der Waals surface area contributed by atoms with Crippen LogP contribution in [-0.2, 0) is 9.47 Å². The molecule has 0 unspecified atom stereocenters. The summed E-state index contributed by atoms with van der Waals surface area (Å²) in [6.07, 6.45) is 0. The van der Waals surface area contributed by atoms with E-state index in [1.165, 1.54) is 0 Å². The molecule has 0 bridgehead atoms. The third kappa shape index (κ3) is 2.77. The number of carbonyl (C=O) groups is 2. The van der Waals surface area contributed by atoms with E-state index < -0.39 is 11.9 Å².